The van der Waals surface area contributed by atoms with Crippen molar-refractivity contribution in [2.45, 2.75) is 18.7 Å². The topological polar surface area (TPSA) is 59.1 Å². The summed E-state index contributed by atoms with van der Waals surface area (Å²) in [5.41, 5.74) is 0.495. The van der Waals surface area contributed by atoms with Crippen LogP contribution in [0.15, 0.2) is 41.4 Å². The van der Waals surface area contributed by atoms with Crippen LogP contribution < -0.4 is 4.72 Å². The molecule has 0 bridgehead atoms. The average Bonchev–Trinajstić information content (AvgIpc) is 2.40. The highest BCUT2D eigenvalue weighted by atomic mass is 32.2. The summed E-state index contributed by atoms with van der Waals surface area (Å²) in [5, 5.41) is 0.814. The van der Waals surface area contributed by atoms with Gasteiger partial charge in [-0.05, 0) is 19.2 Å². The van der Waals surface area contributed by atoms with E-state index >= 15 is 0 Å². The fourth-order valence-corrected chi connectivity index (χ4v) is 2.31. The van der Waals surface area contributed by atoms with Crippen molar-refractivity contribution in [3.8, 4) is 0 Å². The fraction of sp³-hybridized carbons (Fsp3) is 0.250. The molecule has 1 heterocycles. The number of sulfonamides is 1. The molecule has 92 valence electrons. The largest absolute Gasteiger partial charge is 0.255 e. The third-order valence-corrected chi connectivity index (χ3v) is 3.60. The highest BCUT2D eigenvalue weighted by Crippen LogP contribution is 2.19. The molecule has 0 saturated carbocycles. The van der Waals surface area contributed by atoms with Crippen LogP contribution in [0, 0.1) is 0 Å². The van der Waals surface area contributed by atoms with Gasteiger partial charge in [-0.25, -0.2) is 13.1 Å². The molecular weight excluding hydrogens is 236 g/mol. The lowest BCUT2D eigenvalue weighted by Crippen LogP contribution is -2.19. The van der Waals surface area contributed by atoms with Gasteiger partial charge >= 0.3 is 0 Å². The van der Waals surface area contributed by atoms with E-state index in [1.807, 2.05) is 26.0 Å². The molecule has 0 radical (unpaired) electrons. The SMILES string of the molecule is CC.CNS(=O)(=O)c1cccc2cccnc12. The van der Waals surface area contributed by atoms with E-state index in [9.17, 15) is 8.42 Å². The molecule has 0 aliphatic heterocycles. The zero-order valence-electron chi connectivity index (χ0n) is 10.1. The predicted molar refractivity (Wildman–Crippen MR) is 69.3 cm³/mol. The highest BCUT2D eigenvalue weighted by molar-refractivity contribution is 7.89. The molecule has 2 aromatic rings. The Morgan fingerprint density at radius 2 is 1.76 bits per heavy atom. The molecule has 0 fully saturated rings. The first-order chi connectivity index (χ1) is 8.15. The van der Waals surface area contributed by atoms with Crippen molar-refractivity contribution in [3.63, 3.8) is 0 Å². The number of fused-ring (bicyclic) bond motifs is 1. The zero-order chi connectivity index (χ0) is 12.9. The Kier molecular flexibility index (Phi) is 4.60. The second-order valence-electron chi connectivity index (χ2n) is 3.04. The quantitative estimate of drug-likeness (QED) is 0.891. The smallest absolute Gasteiger partial charge is 0.242 e. The zero-order valence-corrected chi connectivity index (χ0v) is 11.0. The molecule has 0 aliphatic carbocycles. The Bertz CT molecular complexity index is 589. The van der Waals surface area contributed by atoms with Crippen molar-refractivity contribution in [2.24, 2.45) is 0 Å². The molecule has 5 heteroatoms. The van der Waals surface area contributed by atoms with E-state index in [1.165, 1.54) is 7.05 Å². The van der Waals surface area contributed by atoms with Crippen LogP contribution in [0.2, 0.25) is 0 Å². The van der Waals surface area contributed by atoms with E-state index < -0.39 is 10.0 Å². The van der Waals surface area contributed by atoms with E-state index in [0.717, 1.165) is 5.39 Å². The minimum Gasteiger partial charge on any atom is -0.255 e. The number of nitrogens with one attached hydrogen (secondary N) is 1. The van der Waals surface area contributed by atoms with Crippen LogP contribution in [0.25, 0.3) is 10.9 Å². The van der Waals surface area contributed by atoms with Crippen molar-refractivity contribution in [1.82, 2.24) is 9.71 Å². The second-order valence-corrected chi connectivity index (χ2v) is 4.89. The molecule has 0 spiro atoms. The summed E-state index contributed by atoms with van der Waals surface area (Å²) in [4.78, 5) is 4.29. The number of hydrogen-bond acceptors (Lipinski definition) is 3. The number of aromatic nitrogens is 1. The summed E-state index contributed by atoms with van der Waals surface area (Å²) in [6, 6.07) is 8.68. The second kappa shape index (κ2) is 5.75. The lowest BCUT2D eigenvalue weighted by Gasteiger charge is -2.05. The number of pyridine rings is 1. The van der Waals surface area contributed by atoms with Crippen LogP contribution >= 0.6 is 0 Å². The van der Waals surface area contributed by atoms with Crippen molar-refractivity contribution >= 4 is 20.9 Å². The van der Waals surface area contributed by atoms with Gasteiger partial charge in [0.05, 0.1) is 5.52 Å². The first-order valence-corrected chi connectivity index (χ1v) is 6.91. The number of rotatable bonds is 2. The van der Waals surface area contributed by atoms with Gasteiger partial charge in [-0.2, -0.15) is 0 Å². The van der Waals surface area contributed by atoms with Crippen molar-refractivity contribution in [1.29, 1.82) is 0 Å². The predicted octanol–water partition coefficient (Wildman–Crippen LogP) is 2.17. The lowest BCUT2D eigenvalue weighted by molar-refractivity contribution is 0.589. The van der Waals surface area contributed by atoms with E-state index in [2.05, 4.69) is 9.71 Å². The van der Waals surface area contributed by atoms with Gasteiger partial charge in [0, 0.05) is 11.6 Å². The molecule has 0 saturated heterocycles. The van der Waals surface area contributed by atoms with Gasteiger partial charge in [-0.3, -0.25) is 4.98 Å². The summed E-state index contributed by atoms with van der Waals surface area (Å²) in [6.45, 7) is 4.00. The third kappa shape index (κ3) is 2.81. The van der Waals surface area contributed by atoms with Crippen molar-refractivity contribution < 1.29 is 8.42 Å². The Labute approximate surface area is 102 Å². The van der Waals surface area contributed by atoms with E-state index in [0.29, 0.717) is 5.52 Å². The van der Waals surface area contributed by atoms with Gasteiger partial charge in [0.15, 0.2) is 0 Å². The summed E-state index contributed by atoms with van der Waals surface area (Å²) in [7, 11) is -2.05. The molecule has 0 atom stereocenters. The van der Waals surface area contributed by atoms with Crippen LogP contribution in [0.4, 0.5) is 0 Å². The Morgan fingerprint density at radius 3 is 2.41 bits per heavy atom. The summed E-state index contributed by atoms with van der Waals surface area (Å²) in [6.07, 6.45) is 1.58. The molecule has 17 heavy (non-hydrogen) atoms. The molecule has 0 unspecified atom stereocenters. The minimum atomic E-state index is -3.44. The average molecular weight is 252 g/mol. The van der Waals surface area contributed by atoms with Crippen LogP contribution in [0.1, 0.15) is 13.8 Å². The molecule has 0 aliphatic rings. The van der Waals surface area contributed by atoms with Gasteiger partial charge in [0.2, 0.25) is 10.0 Å². The monoisotopic (exact) mass is 252 g/mol. The Hall–Kier alpha value is -1.46. The van der Waals surface area contributed by atoms with Crippen LogP contribution in [-0.4, -0.2) is 20.4 Å². The van der Waals surface area contributed by atoms with E-state index in [-0.39, 0.29) is 4.90 Å². The lowest BCUT2D eigenvalue weighted by atomic mass is 10.2. The molecule has 2 rings (SSSR count). The van der Waals surface area contributed by atoms with Crippen LogP contribution in [0.3, 0.4) is 0 Å². The molecule has 1 aromatic heterocycles. The minimum absolute atomic E-state index is 0.211. The van der Waals surface area contributed by atoms with Gasteiger partial charge in [0.25, 0.3) is 0 Å². The standard InChI is InChI=1S/C10H10N2O2S.C2H6/c1-11-15(13,14)9-6-2-4-8-5-3-7-12-10(8)9;1-2/h2-7,11H,1H3;1-2H3. The molecule has 1 N–H and O–H groups in total. The molecule has 0 amide bonds. The van der Waals surface area contributed by atoms with Gasteiger partial charge < -0.3 is 0 Å². The number of para-hydroxylation sites is 1. The normalized spacial score (nSPS) is 10.8. The van der Waals surface area contributed by atoms with Crippen molar-refractivity contribution in [2.75, 3.05) is 7.05 Å². The van der Waals surface area contributed by atoms with Gasteiger partial charge in [0.1, 0.15) is 4.90 Å². The maximum absolute atomic E-state index is 11.7. The number of benzene rings is 1. The van der Waals surface area contributed by atoms with Crippen LogP contribution in [0.5, 0.6) is 0 Å². The summed E-state index contributed by atoms with van der Waals surface area (Å²) < 4.78 is 25.6. The summed E-state index contributed by atoms with van der Waals surface area (Å²) in [5.74, 6) is 0. The van der Waals surface area contributed by atoms with Gasteiger partial charge in [-0.15, -0.1) is 0 Å². The highest BCUT2D eigenvalue weighted by Gasteiger charge is 2.15. The Balaban J connectivity index is 0.000000686. The Morgan fingerprint density at radius 1 is 1.12 bits per heavy atom. The third-order valence-electron chi connectivity index (χ3n) is 2.15. The maximum atomic E-state index is 11.7. The first-order valence-electron chi connectivity index (χ1n) is 5.42. The fourth-order valence-electron chi connectivity index (χ4n) is 1.40. The molecule has 4 nitrogen and oxygen atoms in total. The summed E-state index contributed by atoms with van der Waals surface area (Å²) >= 11 is 0. The number of hydrogen-bond donors (Lipinski definition) is 1. The van der Waals surface area contributed by atoms with Gasteiger partial charge in [-0.1, -0.05) is 32.0 Å². The van der Waals surface area contributed by atoms with Crippen LogP contribution in [-0.2, 0) is 10.0 Å². The molecular formula is C12H16N2O2S. The maximum Gasteiger partial charge on any atom is 0.242 e. The number of nitrogens with zero attached hydrogens (tertiary/aromatic N) is 1. The first kappa shape index (κ1) is 13.6. The molecule has 1 aromatic carbocycles. The van der Waals surface area contributed by atoms with E-state index in [4.69, 9.17) is 0 Å². The van der Waals surface area contributed by atoms with E-state index in [1.54, 1.807) is 24.4 Å². The van der Waals surface area contributed by atoms with Crippen molar-refractivity contribution in [3.05, 3.63) is 36.5 Å².